The highest BCUT2D eigenvalue weighted by Crippen LogP contribution is 2.22. The van der Waals surface area contributed by atoms with Gasteiger partial charge in [-0.3, -0.25) is 9.80 Å². The first-order chi connectivity index (χ1) is 14.6. The summed E-state index contributed by atoms with van der Waals surface area (Å²) >= 11 is 0. The second-order valence-corrected chi connectivity index (χ2v) is 8.99. The molecule has 1 aromatic carbocycles. The number of aromatic nitrogens is 2. The summed E-state index contributed by atoms with van der Waals surface area (Å²) in [4.78, 5) is 7.32. The van der Waals surface area contributed by atoms with Gasteiger partial charge in [-0.25, -0.2) is 0 Å². The Labute approximate surface area is 180 Å². The molecule has 30 heavy (non-hydrogen) atoms. The maximum absolute atomic E-state index is 9.29. The molecule has 0 aliphatic carbocycles. The van der Waals surface area contributed by atoms with E-state index in [0.29, 0.717) is 18.6 Å². The molecule has 2 fully saturated rings. The van der Waals surface area contributed by atoms with E-state index in [2.05, 4.69) is 75.1 Å². The Morgan fingerprint density at radius 3 is 2.17 bits per heavy atom. The predicted octanol–water partition coefficient (Wildman–Crippen LogP) is 2.88. The predicted molar refractivity (Wildman–Crippen MR) is 121 cm³/mol. The lowest BCUT2D eigenvalue weighted by molar-refractivity contribution is 0.127. The summed E-state index contributed by atoms with van der Waals surface area (Å²) in [7, 11) is 0. The molecule has 2 aliphatic heterocycles. The van der Waals surface area contributed by atoms with Crippen LogP contribution in [0.3, 0.4) is 0 Å². The Bertz CT molecular complexity index is 776. The maximum atomic E-state index is 9.29. The summed E-state index contributed by atoms with van der Waals surface area (Å²) in [5.74, 6) is 1.47. The van der Waals surface area contributed by atoms with Crippen molar-refractivity contribution in [2.75, 3.05) is 50.8 Å². The van der Waals surface area contributed by atoms with Crippen LogP contribution in [0.2, 0.25) is 0 Å². The zero-order valence-electron chi connectivity index (χ0n) is 18.4. The normalized spacial score (nSPS) is 19.5. The van der Waals surface area contributed by atoms with Gasteiger partial charge >= 0.3 is 0 Å². The minimum absolute atomic E-state index is 0.330. The lowest BCUT2D eigenvalue weighted by atomic mass is 9.97. The van der Waals surface area contributed by atoms with Gasteiger partial charge in [-0.15, -0.1) is 10.2 Å². The minimum Gasteiger partial charge on any atom is -0.396 e. The lowest BCUT2D eigenvalue weighted by Gasteiger charge is -2.37. The lowest BCUT2D eigenvalue weighted by Crippen LogP contribution is -2.49. The number of hydrogen-bond acceptors (Lipinski definition) is 6. The van der Waals surface area contributed by atoms with E-state index in [-0.39, 0.29) is 0 Å². The van der Waals surface area contributed by atoms with E-state index in [1.54, 1.807) is 0 Å². The fourth-order valence-electron chi connectivity index (χ4n) is 4.48. The molecule has 2 saturated heterocycles. The molecular weight excluding hydrogens is 374 g/mol. The van der Waals surface area contributed by atoms with E-state index >= 15 is 0 Å². The first-order valence-corrected chi connectivity index (χ1v) is 11.4. The first-order valence-electron chi connectivity index (χ1n) is 11.4. The second kappa shape index (κ2) is 9.86. The number of anilines is 1. The van der Waals surface area contributed by atoms with Crippen molar-refractivity contribution in [2.24, 2.45) is 5.92 Å². The van der Waals surface area contributed by atoms with E-state index in [1.807, 2.05) is 0 Å². The van der Waals surface area contributed by atoms with E-state index in [0.717, 1.165) is 75.7 Å². The van der Waals surface area contributed by atoms with Crippen molar-refractivity contribution in [3.63, 3.8) is 0 Å². The highest BCUT2D eigenvalue weighted by atomic mass is 16.3. The van der Waals surface area contributed by atoms with Crippen molar-refractivity contribution in [3.05, 3.63) is 42.0 Å². The maximum Gasteiger partial charge on any atom is 0.151 e. The molecular formula is C24H35N5O. The number of piperazine rings is 1. The molecule has 0 bridgehead atoms. The average Bonchev–Trinajstić information content (AvgIpc) is 2.80. The van der Waals surface area contributed by atoms with Crippen LogP contribution in [0.15, 0.2) is 36.4 Å². The zero-order valence-corrected chi connectivity index (χ0v) is 18.4. The summed E-state index contributed by atoms with van der Waals surface area (Å²) in [5, 5.41) is 18.3. The third-order valence-corrected chi connectivity index (χ3v) is 6.64. The highest BCUT2D eigenvalue weighted by Gasteiger charge is 2.20. The van der Waals surface area contributed by atoms with Crippen LogP contribution < -0.4 is 4.90 Å². The smallest absolute Gasteiger partial charge is 0.151 e. The molecule has 2 aliphatic rings. The third kappa shape index (κ3) is 5.17. The monoisotopic (exact) mass is 409 g/mol. The summed E-state index contributed by atoms with van der Waals surface area (Å²) in [6, 6.07) is 13.5. The van der Waals surface area contributed by atoms with E-state index < -0.39 is 0 Å². The van der Waals surface area contributed by atoms with Crippen molar-refractivity contribution in [1.29, 1.82) is 0 Å². The highest BCUT2D eigenvalue weighted by molar-refractivity contribution is 5.60. The van der Waals surface area contributed by atoms with Crippen molar-refractivity contribution >= 4 is 5.82 Å². The summed E-state index contributed by atoms with van der Waals surface area (Å²) in [6.45, 7) is 12.2. The number of rotatable bonds is 6. The summed E-state index contributed by atoms with van der Waals surface area (Å²) < 4.78 is 0. The van der Waals surface area contributed by atoms with Crippen LogP contribution in [-0.4, -0.2) is 77.0 Å². The third-order valence-electron chi connectivity index (χ3n) is 6.64. The van der Waals surface area contributed by atoms with Crippen LogP contribution >= 0.6 is 0 Å². The Hall–Kier alpha value is -2.02. The van der Waals surface area contributed by atoms with Gasteiger partial charge in [0.25, 0.3) is 0 Å². The molecule has 4 rings (SSSR count). The number of likely N-dealkylation sites (tertiary alicyclic amines) is 1. The van der Waals surface area contributed by atoms with E-state index in [9.17, 15) is 5.11 Å². The van der Waals surface area contributed by atoms with Gasteiger partial charge in [0.1, 0.15) is 0 Å². The Kier molecular flexibility index (Phi) is 6.97. The quantitative estimate of drug-likeness (QED) is 0.792. The van der Waals surface area contributed by atoms with E-state index in [1.165, 1.54) is 5.56 Å². The average molecular weight is 410 g/mol. The van der Waals surface area contributed by atoms with Gasteiger partial charge in [0.05, 0.1) is 5.69 Å². The van der Waals surface area contributed by atoms with Gasteiger partial charge in [-0.2, -0.15) is 0 Å². The molecule has 0 radical (unpaired) electrons. The largest absolute Gasteiger partial charge is 0.396 e. The molecule has 6 nitrogen and oxygen atoms in total. The van der Waals surface area contributed by atoms with Crippen LogP contribution in [0.4, 0.5) is 5.82 Å². The molecule has 0 unspecified atom stereocenters. The first kappa shape index (κ1) is 21.2. The van der Waals surface area contributed by atoms with Gasteiger partial charge in [0.2, 0.25) is 0 Å². The molecule has 0 atom stereocenters. The molecule has 2 aromatic rings. The number of nitrogens with zero attached hydrogens (tertiary/aromatic N) is 5. The molecule has 0 saturated carbocycles. The summed E-state index contributed by atoms with van der Waals surface area (Å²) in [5.41, 5.74) is 3.37. The molecule has 1 N–H and O–H groups in total. The van der Waals surface area contributed by atoms with E-state index in [4.69, 9.17) is 0 Å². The number of aliphatic hydroxyl groups excluding tert-OH is 1. The Morgan fingerprint density at radius 1 is 0.900 bits per heavy atom. The van der Waals surface area contributed by atoms with Gasteiger partial charge < -0.3 is 10.0 Å². The molecule has 0 amide bonds. The van der Waals surface area contributed by atoms with Crippen LogP contribution in [0.1, 0.15) is 32.3 Å². The molecule has 0 spiro atoms. The number of benzene rings is 1. The number of piperidine rings is 1. The van der Waals surface area contributed by atoms with Crippen LogP contribution in [-0.2, 0) is 6.54 Å². The fourth-order valence-corrected chi connectivity index (χ4v) is 4.48. The van der Waals surface area contributed by atoms with Crippen molar-refractivity contribution in [1.82, 2.24) is 20.0 Å². The minimum atomic E-state index is 0.330. The standard InChI is InChI=1S/C24H35N5O/c1-19(2)28-13-15-29(16-14-28)24-8-7-23(25-26-24)22-5-3-20(4-6-22)17-27-11-9-21(18-30)10-12-27/h3-8,19,21,30H,9-18H2,1-2H3. The molecule has 1 aromatic heterocycles. The van der Waals surface area contributed by atoms with Crippen molar-refractivity contribution < 1.29 is 5.11 Å². The number of aliphatic hydroxyl groups is 1. The topological polar surface area (TPSA) is 55.7 Å². The zero-order chi connectivity index (χ0) is 20.9. The summed E-state index contributed by atoms with van der Waals surface area (Å²) in [6.07, 6.45) is 2.20. The Morgan fingerprint density at radius 2 is 1.60 bits per heavy atom. The van der Waals surface area contributed by atoms with Gasteiger partial charge in [-0.05, 0) is 63.4 Å². The Balaban J connectivity index is 1.32. The van der Waals surface area contributed by atoms with Crippen molar-refractivity contribution in [2.45, 2.75) is 39.3 Å². The van der Waals surface area contributed by atoms with Crippen LogP contribution in [0, 0.1) is 5.92 Å². The SMILES string of the molecule is CC(C)N1CCN(c2ccc(-c3ccc(CN4CCC(CO)CC4)cc3)nn2)CC1. The number of hydrogen-bond donors (Lipinski definition) is 1. The van der Waals surface area contributed by atoms with Gasteiger partial charge in [0, 0.05) is 50.9 Å². The fraction of sp³-hybridized carbons (Fsp3) is 0.583. The van der Waals surface area contributed by atoms with Crippen LogP contribution in [0.5, 0.6) is 0 Å². The molecule has 6 heteroatoms. The second-order valence-electron chi connectivity index (χ2n) is 8.99. The van der Waals surface area contributed by atoms with Crippen LogP contribution in [0.25, 0.3) is 11.3 Å². The molecule has 162 valence electrons. The van der Waals surface area contributed by atoms with Gasteiger partial charge in [-0.1, -0.05) is 24.3 Å². The molecule has 3 heterocycles. The van der Waals surface area contributed by atoms with Crippen molar-refractivity contribution in [3.8, 4) is 11.3 Å². The van der Waals surface area contributed by atoms with Gasteiger partial charge in [0.15, 0.2) is 5.82 Å².